The third-order valence-corrected chi connectivity index (χ3v) is 9.11. The highest BCUT2D eigenvalue weighted by atomic mass is 19.4. The highest BCUT2D eigenvalue weighted by Crippen LogP contribution is 2.34. The minimum atomic E-state index is -5.03. The number of aromatic nitrogens is 2. The van der Waals surface area contributed by atoms with E-state index in [2.05, 4.69) is 5.32 Å². The Morgan fingerprint density at radius 3 is 2.16 bits per heavy atom. The summed E-state index contributed by atoms with van der Waals surface area (Å²) < 4.78 is 114. The molecule has 0 radical (unpaired) electrons. The Balaban J connectivity index is 1.61. The first-order valence-electron chi connectivity index (χ1n) is 17.8. The lowest BCUT2D eigenvalue weighted by molar-refractivity contribution is -0.153. The summed E-state index contributed by atoms with van der Waals surface area (Å²) in [6.45, 7) is 4.01. The second kappa shape index (κ2) is 17.0. The number of rotatable bonds is 12. The van der Waals surface area contributed by atoms with Crippen molar-refractivity contribution in [1.82, 2.24) is 19.4 Å². The van der Waals surface area contributed by atoms with E-state index in [1.807, 2.05) is 0 Å². The monoisotopic (exact) mass is 827 g/mol. The molecule has 4 aromatic rings. The number of carbonyl (C=O) groups excluding carboxylic acids is 1. The number of ether oxygens (including phenoxy) is 2. The van der Waals surface area contributed by atoms with Crippen molar-refractivity contribution in [2.24, 2.45) is 0 Å². The number of para-hydroxylation sites is 1. The summed E-state index contributed by atoms with van der Waals surface area (Å²) in [6.07, 6.45) is -10.7. The SMILES string of the molecule is Cc1c(N2CCN(Cc3ccc(C(F)(F)F)o3)CC2)c(=O)n(C[C@H](NC(=O)OC(C)(C)C)c2ccccc2OCC(=O)O)c(=O)n1Cc1c(F)cccc1C(F)(F)F. The van der Waals surface area contributed by atoms with Gasteiger partial charge >= 0.3 is 30.1 Å². The molecule has 0 spiro atoms. The quantitative estimate of drug-likeness (QED) is 0.159. The van der Waals surface area contributed by atoms with E-state index in [9.17, 15) is 50.6 Å². The van der Waals surface area contributed by atoms with Gasteiger partial charge < -0.3 is 29.2 Å². The van der Waals surface area contributed by atoms with Crippen LogP contribution < -0.4 is 26.2 Å². The molecule has 0 aliphatic carbocycles. The van der Waals surface area contributed by atoms with E-state index in [1.165, 1.54) is 37.3 Å². The van der Waals surface area contributed by atoms with Crippen LogP contribution in [-0.2, 0) is 41.5 Å². The minimum Gasteiger partial charge on any atom is -0.482 e. The predicted octanol–water partition coefficient (Wildman–Crippen LogP) is 6.19. The maximum Gasteiger partial charge on any atom is 0.449 e. The summed E-state index contributed by atoms with van der Waals surface area (Å²) in [7, 11) is 0. The molecule has 3 heterocycles. The number of carbonyl (C=O) groups is 2. The first-order valence-corrected chi connectivity index (χ1v) is 17.8. The molecule has 1 atom stereocenters. The van der Waals surface area contributed by atoms with E-state index in [4.69, 9.17) is 13.9 Å². The van der Waals surface area contributed by atoms with Gasteiger partial charge in [0.25, 0.3) is 5.56 Å². The van der Waals surface area contributed by atoms with Gasteiger partial charge in [-0.3, -0.25) is 18.8 Å². The lowest BCUT2D eigenvalue weighted by atomic mass is 10.0. The van der Waals surface area contributed by atoms with Crippen molar-refractivity contribution in [3.8, 4) is 5.75 Å². The van der Waals surface area contributed by atoms with Gasteiger partial charge in [-0.2, -0.15) is 26.3 Å². The highest BCUT2D eigenvalue weighted by molar-refractivity contribution is 5.69. The second-order valence-electron chi connectivity index (χ2n) is 14.4. The van der Waals surface area contributed by atoms with Crippen LogP contribution in [-0.4, -0.2) is 69.6 Å². The Morgan fingerprint density at radius 2 is 1.55 bits per heavy atom. The van der Waals surface area contributed by atoms with Gasteiger partial charge in [0.15, 0.2) is 6.61 Å². The fourth-order valence-electron chi connectivity index (χ4n) is 6.50. The molecule has 20 heteroatoms. The fourth-order valence-corrected chi connectivity index (χ4v) is 6.50. The van der Waals surface area contributed by atoms with E-state index < -0.39 is 89.7 Å². The Hall–Kier alpha value is -5.79. The molecule has 314 valence electrons. The van der Waals surface area contributed by atoms with E-state index in [0.717, 1.165) is 22.8 Å². The van der Waals surface area contributed by atoms with Gasteiger partial charge in [-0.05, 0) is 58.0 Å². The molecule has 5 rings (SSSR count). The average Bonchev–Trinajstić information content (AvgIpc) is 3.60. The summed E-state index contributed by atoms with van der Waals surface area (Å²) in [5, 5.41) is 11.8. The standard InChI is InChI=1S/C38H40F7N5O8/c1-22-32(48-16-14-47(15-17-48)18-23-12-13-30(57-23)38(43,44)45)33(53)50(35(55)49(22)19-25-26(37(40,41)42)9-7-10-27(25)39)20-28(46-34(54)58-36(2,3)4)24-8-5-6-11-29(24)56-21-31(51)52/h5-13,28H,14-21H2,1-4H3,(H,46,54)(H,51,52)/t28-/m0/s1. The number of furan rings is 1. The van der Waals surface area contributed by atoms with Crippen LogP contribution in [0.2, 0.25) is 0 Å². The summed E-state index contributed by atoms with van der Waals surface area (Å²) in [4.78, 5) is 56.8. The number of hydrogen-bond acceptors (Lipinski definition) is 9. The van der Waals surface area contributed by atoms with Crippen LogP contribution in [0.15, 0.2) is 68.6 Å². The number of piperazine rings is 1. The van der Waals surface area contributed by atoms with Gasteiger partial charge in [-0.1, -0.05) is 24.3 Å². The fraction of sp³-hybridized carbons (Fsp3) is 0.421. The molecule has 2 aromatic heterocycles. The zero-order chi connectivity index (χ0) is 42.7. The Labute approximate surface area is 326 Å². The number of carboxylic acids is 1. The van der Waals surface area contributed by atoms with Crippen molar-refractivity contribution in [3.63, 3.8) is 0 Å². The molecule has 1 aliphatic rings. The van der Waals surface area contributed by atoms with E-state index in [-0.39, 0.29) is 61.2 Å². The number of anilines is 1. The molecule has 2 aromatic carbocycles. The van der Waals surface area contributed by atoms with Crippen LogP contribution in [0.4, 0.5) is 41.2 Å². The molecular weight excluding hydrogens is 787 g/mol. The lowest BCUT2D eigenvalue weighted by Crippen LogP contribution is -2.51. The molecule has 13 nitrogen and oxygen atoms in total. The van der Waals surface area contributed by atoms with E-state index >= 15 is 4.39 Å². The minimum absolute atomic E-state index is 0.0124. The first kappa shape index (κ1) is 43.3. The maximum atomic E-state index is 15.3. The number of halogens is 7. The summed E-state index contributed by atoms with van der Waals surface area (Å²) in [5.41, 5.74) is -5.52. The molecule has 0 unspecified atom stereocenters. The number of aliphatic carboxylic acids is 1. The molecule has 1 fully saturated rings. The van der Waals surface area contributed by atoms with Crippen molar-refractivity contribution in [2.45, 2.75) is 71.3 Å². The van der Waals surface area contributed by atoms with Crippen LogP contribution in [0.1, 0.15) is 60.7 Å². The maximum absolute atomic E-state index is 15.3. The van der Waals surface area contributed by atoms with Crippen molar-refractivity contribution >= 4 is 17.7 Å². The second-order valence-corrected chi connectivity index (χ2v) is 14.4. The molecule has 1 saturated heterocycles. The lowest BCUT2D eigenvalue weighted by Gasteiger charge is -2.36. The van der Waals surface area contributed by atoms with Gasteiger partial charge in [0, 0.05) is 43.0 Å². The zero-order valence-corrected chi connectivity index (χ0v) is 31.7. The van der Waals surface area contributed by atoms with E-state index in [1.54, 1.807) is 30.6 Å². The molecule has 0 saturated carbocycles. The average molecular weight is 828 g/mol. The van der Waals surface area contributed by atoms with E-state index in [0.29, 0.717) is 10.6 Å². The summed E-state index contributed by atoms with van der Waals surface area (Å²) >= 11 is 0. The Morgan fingerprint density at radius 1 is 0.879 bits per heavy atom. The Bertz CT molecular complexity index is 2250. The molecule has 58 heavy (non-hydrogen) atoms. The van der Waals surface area contributed by atoms with Gasteiger partial charge in [-0.25, -0.2) is 18.8 Å². The first-order chi connectivity index (χ1) is 27.0. The van der Waals surface area contributed by atoms with Gasteiger partial charge in [0.05, 0.1) is 31.2 Å². The van der Waals surface area contributed by atoms with Crippen LogP contribution in [0, 0.1) is 12.7 Å². The number of nitrogens with one attached hydrogen (secondary N) is 1. The van der Waals surface area contributed by atoms with Crippen LogP contribution in [0.25, 0.3) is 0 Å². The van der Waals surface area contributed by atoms with Crippen molar-refractivity contribution < 1.29 is 59.3 Å². The number of alkyl carbamates (subject to hydrolysis) is 1. The van der Waals surface area contributed by atoms with Crippen molar-refractivity contribution in [1.29, 1.82) is 0 Å². The van der Waals surface area contributed by atoms with Gasteiger partial charge in [-0.15, -0.1) is 0 Å². The molecule has 1 amide bonds. The normalized spacial score (nSPS) is 14.6. The predicted molar refractivity (Wildman–Crippen MR) is 193 cm³/mol. The van der Waals surface area contributed by atoms with Crippen LogP contribution >= 0.6 is 0 Å². The Kier molecular flexibility index (Phi) is 12.7. The number of hydrogen-bond donors (Lipinski definition) is 2. The molecule has 2 N–H and O–H groups in total. The van der Waals surface area contributed by atoms with Gasteiger partial charge in [0.2, 0.25) is 5.76 Å². The number of benzene rings is 2. The number of nitrogens with zero attached hydrogens (tertiary/aromatic N) is 4. The molecular formula is C38H40F7N5O8. The number of alkyl halides is 6. The third kappa shape index (κ3) is 10.4. The number of carboxylic acid groups (broad SMARTS) is 1. The topological polar surface area (TPSA) is 148 Å². The molecule has 0 bridgehead atoms. The highest BCUT2D eigenvalue weighted by Gasteiger charge is 2.37. The van der Waals surface area contributed by atoms with Crippen LogP contribution in [0.5, 0.6) is 5.75 Å². The number of amides is 1. The van der Waals surface area contributed by atoms with Crippen molar-refractivity contribution in [2.75, 3.05) is 37.7 Å². The smallest absolute Gasteiger partial charge is 0.449 e. The van der Waals surface area contributed by atoms with Gasteiger partial charge in [0.1, 0.15) is 28.6 Å². The third-order valence-electron chi connectivity index (χ3n) is 9.11. The summed E-state index contributed by atoms with van der Waals surface area (Å²) in [6, 6.07) is 8.79. The summed E-state index contributed by atoms with van der Waals surface area (Å²) in [5.74, 6) is -3.79. The molecule has 1 aliphatic heterocycles. The largest absolute Gasteiger partial charge is 0.482 e. The van der Waals surface area contributed by atoms with Crippen molar-refractivity contribution in [3.05, 3.63) is 115 Å². The van der Waals surface area contributed by atoms with Crippen LogP contribution in [0.3, 0.4) is 0 Å². The zero-order valence-electron chi connectivity index (χ0n) is 31.7.